The Balaban J connectivity index is 3.23. The highest BCUT2D eigenvalue weighted by Crippen LogP contribution is 2.33. The number of carbonyl (C=O) groups excluding carboxylic acids is 2. The monoisotopic (exact) mass is 326 g/mol. The third-order valence-corrected chi connectivity index (χ3v) is 3.64. The molecule has 0 radical (unpaired) electrons. The summed E-state index contributed by atoms with van der Waals surface area (Å²) >= 11 is 0. The second-order valence-electron chi connectivity index (χ2n) is 5.46. The number of benzene rings is 1. The largest absolute Gasteiger partial charge is 0.484 e. The topological polar surface area (TPSA) is 113 Å². The molecule has 126 valence electrons. The second-order valence-corrected chi connectivity index (χ2v) is 5.46. The van der Waals surface area contributed by atoms with E-state index in [2.05, 4.69) is 0 Å². The number of Topliss-reactive ketones (excluding diaryl/α,β-unsaturated/α-hetero) is 1. The van der Waals surface area contributed by atoms with E-state index in [-0.39, 0.29) is 18.6 Å². The van der Waals surface area contributed by atoms with Crippen LogP contribution in [0.2, 0.25) is 0 Å². The van der Waals surface area contributed by atoms with E-state index in [1.807, 2.05) is 0 Å². The Bertz CT molecular complexity index is 647. The lowest BCUT2D eigenvalue weighted by Crippen LogP contribution is -2.33. The lowest BCUT2D eigenvalue weighted by atomic mass is 9.96. The summed E-state index contributed by atoms with van der Waals surface area (Å²) in [5.74, 6) is -2.63. The molecule has 1 rings (SSSR count). The standard InChI is InChI=1S/C15H19FN2O5/c1-4-15(3,8-7-12(17)20)23-11-6-5-10(18(21)22)13(9(2)19)14(11)16/h5-6H,4,7-8H2,1-3H3,(H2,17,20). The molecule has 8 heteroatoms. The van der Waals surface area contributed by atoms with Crippen LogP contribution in [-0.4, -0.2) is 22.2 Å². The number of ether oxygens (including phenoxy) is 1. The summed E-state index contributed by atoms with van der Waals surface area (Å²) in [5.41, 5.74) is 2.98. The van der Waals surface area contributed by atoms with Gasteiger partial charge in [0.25, 0.3) is 5.69 Å². The van der Waals surface area contributed by atoms with Gasteiger partial charge in [-0.3, -0.25) is 19.7 Å². The maximum absolute atomic E-state index is 14.5. The summed E-state index contributed by atoms with van der Waals surface area (Å²) in [6.07, 6.45) is 0.759. The lowest BCUT2D eigenvalue weighted by Gasteiger charge is -2.29. The Morgan fingerprint density at radius 1 is 1.43 bits per heavy atom. The van der Waals surface area contributed by atoms with E-state index in [1.165, 1.54) is 0 Å². The van der Waals surface area contributed by atoms with Crippen molar-refractivity contribution in [3.63, 3.8) is 0 Å². The first-order valence-corrected chi connectivity index (χ1v) is 7.06. The Kier molecular flexibility index (Phi) is 5.78. The summed E-state index contributed by atoms with van der Waals surface area (Å²) in [4.78, 5) is 32.5. The van der Waals surface area contributed by atoms with Crippen LogP contribution < -0.4 is 10.5 Å². The number of nitro groups is 1. The first kappa shape index (κ1) is 18.5. The number of nitro benzene ring substituents is 1. The van der Waals surface area contributed by atoms with Crippen LogP contribution in [-0.2, 0) is 4.79 Å². The molecule has 2 N–H and O–H groups in total. The van der Waals surface area contributed by atoms with Gasteiger partial charge in [-0.25, -0.2) is 4.39 Å². The summed E-state index contributed by atoms with van der Waals surface area (Å²) in [6, 6.07) is 2.14. The van der Waals surface area contributed by atoms with Crippen LogP contribution in [0.3, 0.4) is 0 Å². The fourth-order valence-corrected chi connectivity index (χ4v) is 2.07. The Morgan fingerprint density at radius 2 is 2.04 bits per heavy atom. The van der Waals surface area contributed by atoms with Crippen molar-refractivity contribution >= 4 is 17.4 Å². The number of ketones is 1. The minimum atomic E-state index is -1.08. The lowest BCUT2D eigenvalue weighted by molar-refractivity contribution is -0.385. The van der Waals surface area contributed by atoms with Gasteiger partial charge in [0.1, 0.15) is 11.2 Å². The number of nitrogens with zero attached hydrogens (tertiary/aromatic N) is 1. The average Bonchev–Trinajstić information content (AvgIpc) is 2.46. The normalized spacial score (nSPS) is 13.2. The smallest absolute Gasteiger partial charge is 0.283 e. The average molecular weight is 326 g/mol. The molecule has 0 heterocycles. The molecule has 7 nitrogen and oxygen atoms in total. The van der Waals surface area contributed by atoms with E-state index >= 15 is 0 Å². The van der Waals surface area contributed by atoms with Crippen LogP contribution >= 0.6 is 0 Å². The van der Waals surface area contributed by atoms with Crippen LogP contribution in [0.15, 0.2) is 12.1 Å². The molecule has 1 atom stereocenters. The maximum atomic E-state index is 14.5. The molecule has 0 fully saturated rings. The van der Waals surface area contributed by atoms with Gasteiger partial charge in [-0.15, -0.1) is 0 Å². The molecular formula is C15H19FN2O5. The quantitative estimate of drug-likeness (QED) is 0.448. The van der Waals surface area contributed by atoms with E-state index in [0.29, 0.717) is 6.42 Å². The van der Waals surface area contributed by atoms with Crippen molar-refractivity contribution in [2.75, 3.05) is 0 Å². The molecule has 0 aliphatic rings. The van der Waals surface area contributed by atoms with Gasteiger partial charge in [0.05, 0.1) is 4.92 Å². The van der Waals surface area contributed by atoms with Gasteiger partial charge in [-0.2, -0.15) is 0 Å². The molecule has 1 unspecified atom stereocenters. The Labute approximate surface area is 132 Å². The molecule has 0 saturated carbocycles. The van der Waals surface area contributed by atoms with E-state index in [9.17, 15) is 24.1 Å². The van der Waals surface area contributed by atoms with E-state index < -0.39 is 39.3 Å². The molecule has 0 aliphatic carbocycles. The number of rotatable bonds is 8. The molecular weight excluding hydrogens is 307 g/mol. The van der Waals surface area contributed by atoms with Crippen molar-refractivity contribution in [2.24, 2.45) is 5.73 Å². The van der Waals surface area contributed by atoms with Crippen molar-refractivity contribution in [3.8, 4) is 5.75 Å². The van der Waals surface area contributed by atoms with Crippen LogP contribution in [0, 0.1) is 15.9 Å². The molecule has 0 spiro atoms. The summed E-state index contributed by atoms with van der Waals surface area (Å²) < 4.78 is 20.1. The highest BCUT2D eigenvalue weighted by Gasteiger charge is 2.30. The molecule has 1 aromatic rings. The fourth-order valence-electron chi connectivity index (χ4n) is 2.07. The summed E-state index contributed by atoms with van der Waals surface area (Å²) in [5, 5.41) is 10.9. The van der Waals surface area contributed by atoms with E-state index in [0.717, 1.165) is 19.1 Å². The molecule has 23 heavy (non-hydrogen) atoms. The number of halogens is 1. The van der Waals surface area contributed by atoms with Gasteiger partial charge in [0.15, 0.2) is 17.3 Å². The number of primary amides is 1. The fraction of sp³-hybridized carbons (Fsp3) is 0.467. The van der Waals surface area contributed by atoms with Gasteiger partial charge in [0, 0.05) is 12.5 Å². The van der Waals surface area contributed by atoms with Crippen molar-refractivity contribution < 1.29 is 23.6 Å². The summed E-state index contributed by atoms with van der Waals surface area (Å²) in [6.45, 7) is 4.50. The number of amides is 1. The SMILES string of the molecule is CCC(C)(CCC(N)=O)Oc1ccc([N+](=O)[O-])c(C(C)=O)c1F. The highest BCUT2D eigenvalue weighted by atomic mass is 19.1. The molecule has 1 aromatic carbocycles. The Hall–Kier alpha value is -2.51. The molecule has 0 saturated heterocycles. The zero-order valence-corrected chi connectivity index (χ0v) is 13.2. The minimum Gasteiger partial charge on any atom is -0.484 e. The van der Waals surface area contributed by atoms with E-state index in [4.69, 9.17) is 10.5 Å². The van der Waals surface area contributed by atoms with Gasteiger partial charge in [0.2, 0.25) is 5.91 Å². The zero-order chi connectivity index (χ0) is 17.8. The maximum Gasteiger partial charge on any atom is 0.283 e. The van der Waals surface area contributed by atoms with Gasteiger partial charge in [-0.05, 0) is 32.8 Å². The molecule has 1 amide bonds. The third-order valence-electron chi connectivity index (χ3n) is 3.64. The van der Waals surface area contributed by atoms with Gasteiger partial charge in [-0.1, -0.05) is 6.92 Å². The Morgan fingerprint density at radius 3 is 2.48 bits per heavy atom. The van der Waals surface area contributed by atoms with Crippen LogP contribution in [0.25, 0.3) is 0 Å². The van der Waals surface area contributed by atoms with Gasteiger partial charge >= 0.3 is 0 Å². The predicted octanol–water partition coefficient (Wildman–Crippen LogP) is 2.75. The van der Waals surface area contributed by atoms with Crippen molar-refractivity contribution in [2.45, 2.75) is 45.6 Å². The third kappa shape index (κ3) is 4.48. The van der Waals surface area contributed by atoms with Crippen LogP contribution in [0.5, 0.6) is 5.75 Å². The number of hydrogen-bond acceptors (Lipinski definition) is 5. The number of nitrogens with two attached hydrogens (primary N) is 1. The van der Waals surface area contributed by atoms with Crippen molar-refractivity contribution in [1.29, 1.82) is 0 Å². The van der Waals surface area contributed by atoms with Gasteiger partial charge < -0.3 is 10.5 Å². The van der Waals surface area contributed by atoms with Crippen LogP contribution in [0.1, 0.15) is 50.4 Å². The minimum absolute atomic E-state index is 0.0541. The highest BCUT2D eigenvalue weighted by molar-refractivity contribution is 5.98. The molecule has 0 bridgehead atoms. The molecule has 0 aromatic heterocycles. The number of hydrogen-bond donors (Lipinski definition) is 1. The summed E-state index contributed by atoms with van der Waals surface area (Å²) in [7, 11) is 0. The van der Waals surface area contributed by atoms with Crippen molar-refractivity contribution in [1.82, 2.24) is 0 Å². The predicted molar refractivity (Wildman–Crippen MR) is 80.8 cm³/mol. The zero-order valence-electron chi connectivity index (χ0n) is 13.2. The molecule has 0 aliphatic heterocycles. The first-order chi connectivity index (χ1) is 10.6. The van der Waals surface area contributed by atoms with Crippen LogP contribution in [0.4, 0.5) is 10.1 Å². The second kappa shape index (κ2) is 7.17. The van der Waals surface area contributed by atoms with E-state index in [1.54, 1.807) is 13.8 Å². The van der Waals surface area contributed by atoms with Crippen molar-refractivity contribution in [3.05, 3.63) is 33.6 Å². The first-order valence-electron chi connectivity index (χ1n) is 7.06. The number of carbonyl (C=O) groups is 2.